The second-order valence-corrected chi connectivity index (χ2v) is 5.90. The molecular weight excluding hydrogens is 328 g/mol. The fraction of sp³-hybridized carbons (Fsp3) is 0.150. The molecule has 1 unspecified atom stereocenters. The third kappa shape index (κ3) is 4.36. The molecule has 1 heterocycles. The highest BCUT2D eigenvalue weighted by molar-refractivity contribution is 5.96. The molecule has 6 nitrogen and oxygen atoms in total. The number of aromatic nitrogens is 2. The van der Waals surface area contributed by atoms with Crippen LogP contribution in [-0.2, 0) is 4.79 Å². The maximum Gasteiger partial charge on any atom is 0.251 e. The minimum absolute atomic E-state index is 0.0643. The first-order valence-corrected chi connectivity index (χ1v) is 8.34. The molecule has 2 N–H and O–H groups in total. The van der Waals surface area contributed by atoms with E-state index in [1.807, 2.05) is 48.0 Å². The Labute approximate surface area is 151 Å². The third-order valence-corrected chi connectivity index (χ3v) is 4.02. The van der Waals surface area contributed by atoms with Crippen molar-refractivity contribution in [2.24, 2.45) is 0 Å². The summed E-state index contributed by atoms with van der Waals surface area (Å²) in [6.07, 6.45) is 5.33. The standard InChI is InChI=1S/C20H20N4O2/c1-15(16-7-9-18(10-8-16)24-12-11-21-14-24)23-19(25)13-22-20(26)17-5-3-2-4-6-17/h2-12,14-15H,13H2,1H3,(H,22,26)(H,23,25). The van der Waals surface area contributed by atoms with Gasteiger partial charge in [-0.05, 0) is 36.8 Å². The van der Waals surface area contributed by atoms with Crippen LogP contribution in [0.25, 0.3) is 5.69 Å². The molecule has 0 saturated carbocycles. The van der Waals surface area contributed by atoms with Crippen molar-refractivity contribution in [3.05, 3.63) is 84.4 Å². The van der Waals surface area contributed by atoms with Gasteiger partial charge in [0.2, 0.25) is 5.91 Å². The SMILES string of the molecule is CC(NC(=O)CNC(=O)c1ccccc1)c1ccc(-n2ccnc2)cc1. The van der Waals surface area contributed by atoms with Crippen LogP contribution in [0.5, 0.6) is 0 Å². The van der Waals surface area contributed by atoms with Crippen molar-refractivity contribution in [1.82, 2.24) is 20.2 Å². The minimum atomic E-state index is -0.266. The molecule has 0 spiro atoms. The lowest BCUT2D eigenvalue weighted by Gasteiger charge is -2.15. The van der Waals surface area contributed by atoms with E-state index in [9.17, 15) is 9.59 Å². The van der Waals surface area contributed by atoms with Crippen molar-refractivity contribution in [2.75, 3.05) is 6.54 Å². The van der Waals surface area contributed by atoms with Crippen LogP contribution in [0, 0.1) is 0 Å². The number of benzene rings is 2. The van der Waals surface area contributed by atoms with Crippen LogP contribution < -0.4 is 10.6 Å². The topological polar surface area (TPSA) is 76.0 Å². The predicted octanol–water partition coefficient (Wildman–Crippen LogP) is 2.48. The Morgan fingerprint density at radius 1 is 1.08 bits per heavy atom. The van der Waals surface area contributed by atoms with Gasteiger partial charge in [-0.1, -0.05) is 30.3 Å². The van der Waals surface area contributed by atoms with Gasteiger partial charge in [-0.25, -0.2) is 4.98 Å². The number of carbonyl (C=O) groups excluding carboxylic acids is 2. The van der Waals surface area contributed by atoms with E-state index in [0.717, 1.165) is 11.3 Å². The van der Waals surface area contributed by atoms with E-state index in [1.54, 1.807) is 36.8 Å². The molecule has 2 aromatic carbocycles. The summed E-state index contributed by atoms with van der Waals surface area (Å²) in [5, 5.41) is 5.51. The van der Waals surface area contributed by atoms with Gasteiger partial charge in [-0.15, -0.1) is 0 Å². The molecule has 26 heavy (non-hydrogen) atoms. The summed E-state index contributed by atoms with van der Waals surface area (Å²) in [7, 11) is 0. The summed E-state index contributed by atoms with van der Waals surface area (Å²) in [6.45, 7) is 1.84. The molecule has 3 rings (SSSR count). The van der Waals surface area contributed by atoms with Crippen LogP contribution in [0.1, 0.15) is 28.9 Å². The van der Waals surface area contributed by atoms with Crippen LogP contribution >= 0.6 is 0 Å². The lowest BCUT2D eigenvalue weighted by molar-refractivity contribution is -0.120. The number of nitrogens with one attached hydrogen (secondary N) is 2. The molecule has 0 aliphatic carbocycles. The average molecular weight is 348 g/mol. The first-order chi connectivity index (χ1) is 12.6. The first-order valence-electron chi connectivity index (χ1n) is 8.34. The minimum Gasteiger partial charge on any atom is -0.348 e. The summed E-state index contributed by atoms with van der Waals surface area (Å²) < 4.78 is 1.91. The smallest absolute Gasteiger partial charge is 0.251 e. The zero-order valence-electron chi connectivity index (χ0n) is 14.4. The van der Waals surface area contributed by atoms with Crippen molar-refractivity contribution >= 4 is 11.8 Å². The Morgan fingerprint density at radius 2 is 1.81 bits per heavy atom. The van der Waals surface area contributed by atoms with Gasteiger partial charge in [0.1, 0.15) is 0 Å². The monoisotopic (exact) mass is 348 g/mol. The lowest BCUT2D eigenvalue weighted by atomic mass is 10.1. The molecule has 0 fully saturated rings. The van der Waals surface area contributed by atoms with Gasteiger partial charge in [0.05, 0.1) is 18.9 Å². The maximum atomic E-state index is 12.1. The third-order valence-electron chi connectivity index (χ3n) is 4.02. The zero-order valence-corrected chi connectivity index (χ0v) is 14.4. The second kappa shape index (κ2) is 8.11. The molecule has 0 saturated heterocycles. The fourth-order valence-electron chi connectivity index (χ4n) is 2.57. The molecule has 3 aromatic rings. The van der Waals surface area contributed by atoms with E-state index in [1.165, 1.54) is 0 Å². The highest BCUT2D eigenvalue weighted by Gasteiger charge is 2.11. The van der Waals surface area contributed by atoms with E-state index in [-0.39, 0.29) is 24.4 Å². The summed E-state index contributed by atoms with van der Waals surface area (Å²) >= 11 is 0. The molecular formula is C20H20N4O2. The van der Waals surface area contributed by atoms with Gasteiger partial charge in [-0.2, -0.15) is 0 Å². The van der Waals surface area contributed by atoms with Gasteiger partial charge >= 0.3 is 0 Å². The van der Waals surface area contributed by atoms with Gasteiger partial charge in [0, 0.05) is 23.6 Å². The van der Waals surface area contributed by atoms with Gasteiger partial charge in [0.25, 0.3) is 5.91 Å². The van der Waals surface area contributed by atoms with Crippen LogP contribution in [0.3, 0.4) is 0 Å². The number of hydrogen-bond acceptors (Lipinski definition) is 3. The molecule has 1 atom stereocenters. The zero-order chi connectivity index (χ0) is 18.4. The van der Waals surface area contributed by atoms with E-state index in [2.05, 4.69) is 15.6 Å². The van der Waals surface area contributed by atoms with Gasteiger partial charge < -0.3 is 15.2 Å². The maximum absolute atomic E-state index is 12.1. The summed E-state index contributed by atoms with van der Waals surface area (Å²) in [4.78, 5) is 28.1. The first kappa shape index (κ1) is 17.4. The average Bonchev–Trinajstić information content (AvgIpc) is 3.21. The summed E-state index contributed by atoms with van der Waals surface area (Å²) in [5.41, 5.74) is 2.51. The number of hydrogen-bond donors (Lipinski definition) is 2. The molecule has 6 heteroatoms. The largest absolute Gasteiger partial charge is 0.348 e. The van der Waals surface area contributed by atoms with Crippen molar-refractivity contribution in [3.8, 4) is 5.69 Å². The lowest BCUT2D eigenvalue weighted by Crippen LogP contribution is -2.38. The summed E-state index contributed by atoms with van der Waals surface area (Å²) in [6, 6.07) is 16.5. The molecule has 132 valence electrons. The van der Waals surface area contributed by atoms with Crippen LogP contribution in [-0.4, -0.2) is 27.9 Å². The molecule has 0 aliphatic rings. The fourth-order valence-corrected chi connectivity index (χ4v) is 2.57. The van der Waals surface area contributed by atoms with Crippen LogP contribution in [0.4, 0.5) is 0 Å². The molecule has 1 aromatic heterocycles. The Balaban J connectivity index is 1.51. The molecule has 2 amide bonds. The quantitative estimate of drug-likeness (QED) is 0.718. The van der Waals surface area contributed by atoms with Crippen molar-refractivity contribution in [3.63, 3.8) is 0 Å². The second-order valence-electron chi connectivity index (χ2n) is 5.90. The van der Waals surface area contributed by atoms with E-state index in [4.69, 9.17) is 0 Å². The molecule has 0 aliphatic heterocycles. The Bertz CT molecular complexity index is 859. The number of rotatable bonds is 6. The number of nitrogens with zero attached hydrogens (tertiary/aromatic N) is 2. The van der Waals surface area contributed by atoms with E-state index in [0.29, 0.717) is 5.56 Å². The number of amides is 2. The van der Waals surface area contributed by atoms with Crippen molar-refractivity contribution in [2.45, 2.75) is 13.0 Å². The highest BCUT2D eigenvalue weighted by Crippen LogP contribution is 2.15. The van der Waals surface area contributed by atoms with Gasteiger partial charge in [-0.3, -0.25) is 9.59 Å². The molecule has 0 bridgehead atoms. The normalized spacial score (nSPS) is 11.6. The Kier molecular flexibility index (Phi) is 5.43. The van der Waals surface area contributed by atoms with E-state index >= 15 is 0 Å². The Hall–Kier alpha value is -3.41. The van der Waals surface area contributed by atoms with E-state index < -0.39 is 0 Å². The van der Waals surface area contributed by atoms with Crippen LogP contribution in [0.15, 0.2) is 73.3 Å². The Morgan fingerprint density at radius 3 is 2.46 bits per heavy atom. The van der Waals surface area contributed by atoms with Crippen molar-refractivity contribution in [1.29, 1.82) is 0 Å². The number of imidazole rings is 1. The van der Waals surface area contributed by atoms with Crippen molar-refractivity contribution < 1.29 is 9.59 Å². The predicted molar refractivity (Wildman–Crippen MR) is 98.9 cm³/mol. The number of carbonyl (C=O) groups is 2. The molecule has 0 radical (unpaired) electrons. The highest BCUT2D eigenvalue weighted by atomic mass is 16.2. The summed E-state index contributed by atoms with van der Waals surface area (Å²) in [5.74, 6) is -0.501. The van der Waals surface area contributed by atoms with Crippen LogP contribution in [0.2, 0.25) is 0 Å². The van der Waals surface area contributed by atoms with Gasteiger partial charge in [0.15, 0.2) is 0 Å².